The van der Waals surface area contributed by atoms with E-state index in [1.165, 1.54) is 23.2 Å². The van der Waals surface area contributed by atoms with Gasteiger partial charge in [0.2, 0.25) is 5.03 Å². The fourth-order valence-electron chi connectivity index (χ4n) is 1.03. The van der Waals surface area contributed by atoms with Crippen LogP contribution in [0.2, 0.25) is 5.15 Å². The van der Waals surface area contributed by atoms with Gasteiger partial charge in [-0.05, 0) is 0 Å². The average Bonchev–Trinajstić information content (AvgIpc) is 2.78. The van der Waals surface area contributed by atoms with Gasteiger partial charge in [-0.25, -0.2) is 4.98 Å². The second-order valence-corrected chi connectivity index (χ2v) is 4.90. The molecule has 7 nitrogen and oxygen atoms in total. The van der Waals surface area contributed by atoms with Crippen LogP contribution in [0.1, 0.15) is 0 Å². The zero-order valence-electron chi connectivity index (χ0n) is 8.08. The highest BCUT2D eigenvalue weighted by atomic mass is 35.5. The van der Waals surface area contributed by atoms with E-state index in [-0.39, 0.29) is 16.0 Å². The molecule has 1 N–H and O–H groups in total. The number of aryl methyl sites for hydroxylation is 1. The topological polar surface area (TPSA) is 90.0 Å². The van der Waals surface area contributed by atoms with E-state index in [2.05, 4.69) is 19.4 Å². The summed E-state index contributed by atoms with van der Waals surface area (Å²) in [5.74, 6) is 0.0710. The van der Waals surface area contributed by atoms with Gasteiger partial charge < -0.3 is 9.09 Å². The van der Waals surface area contributed by atoms with E-state index in [4.69, 9.17) is 11.6 Å². The average molecular weight is 263 g/mol. The van der Waals surface area contributed by atoms with Gasteiger partial charge in [0.25, 0.3) is 10.0 Å². The minimum atomic E-state index is -3.83. The van der Waals surface area contributed by atoms with Crippen molar-refractivity contribution in [2.75, 3.05) is 4.72 Å². The first kappa shape index (κ1) is 11.0. The molecular formula is C7H7ClN4O3S. The van der Waals surface area contributed by atoms with Crippen LogP contribution in [0.4, 0.5) is 5.82 Å². The van der Waals surface area contributed by atoms with Crippen LogP contribution in [0, 0.1) is 0 Å². The van der Waals surface area contributed by atoms with E-state index in [0.717, 1.165) is 0 Å². The first-order valence-electron chi connectivity index (χ1n) is 4.11. The van der Waals surface area contributed by atoms with E-state index in [1.807, 2.05) is 0 Å². The van der Waals surface area contributed by atoms with Crippen LogP contribution in [0.25, 0.3) is 0 Å². The Labute approximate surface area is 96.1 Å². The van der Waals surface area contributed by atoms with E-state index < -0.39 is 10.0 Å². The molecule has 2 aromatic heterocycles. The Kier molecular flexibility index (Phi) is 2.60. The molecule has 2 rings (SSSR count). The van der Waals surface area contributed by atoms with Crippen molar-refractivity contribution in [2.24, 2.45) is 7.05 Å². The lowest BCUT2D eigenvalue weighted by molar-refractivity contribution is 0.423. The Hall–Kier alpha value is -1.54. The van der Waals surface area contributed by atoms with Gasteiger partial charge >= 0.3 is 0 Å². The zero-order valence-corrected chi connectivity index (χ0v) is 9.66. The zero-order chi connectivity index (χ0) is 11.8. The number of nitrogens with zero attached hydrogens (tertiary/aromatic N) is 3. The number of aromatic nitrogens is 3. The second-order valence-electron chi connectivity index (χ2n) is 2.94. The van der Waals surface area contributed by atoms with E-state index >= 15 is 0 Å². The van der Waals surface area contributed by atoms with Crippen molar-refractivity contribution in [3.63, 3.8) is 0 Å². The van der Waals surface area contributed by atoms with Crippen molar-refractivity contribution in [3.05, 3.63) is 23.8 Å². The Morgan fingerprint density at radius 1 is 1.56 bits per heavy atom. The molecule has 2 aromatic rings. The SMILES string of the molecule is Cn1cnc(S(=O)(=O)Nc2ccon2)c1Cl. The van der Waals surface area contributed by atoms with Crippen molar-refractivity contribution >= 4 is 27.4 Å². The summed E-state index contributed by atoms with van der Waals surface area (Å²) < 4.78 is 31.6. The maximum Gasteiger partial charge on any atom is 0.283 e. The number of imidazole rings is 1. The molecule has 0 bridgehead atoms. The summed E-state index contributed by atoms with van der Waals surface area (Å²) in [6.45, 7) is 0. The lowest BCUT2D eigenvalue weighted by atomic mass is 10.7. The van der Waals surface area contributed by atoms with E-state index in [0.29, 0.717) is 0 Å². The summed E-state index contributed by atoms with van der Waals surface area (Å²) in [5, 5.41) is 3.19. The van der Waals surface area contributed by atoms with Crippen LogP contribution >= 0.6 is 11.6 Å². The number of nitrogens with one attached hydrogen (secondary N) is 1. The molecule has 0 unspecified atom stereocenters. The first-order valence-corrected chi connectivity index (χ1v) is 5.97. The third-order valence-corrected chi connectivity index (χ3v) is 3.61. The van der Waals surface area contributed by atoms with Crippen molar-refractivity contribution in [2.45, 2.75) is 5.03 Å². The van der Waals surface area contributed by atoms with Crippen LogP contribution in [-0.2, 0) is 17.1 Å². The number of hydrogen-bond donors (Lipinski definition) is 1. The molecule has 0 saturated carbocycles. The normalized spacial score (nSPS) is 11.6. The smallest absolute Gasteiger partial charge is 0.283 e. The van der Waals surface area contributed by atoms with E-state index in [9.17, 15) is 8.42 Å². The Bertz CT molecular complexity index is 589. The molecule has 0 aromatic carbocycles. The van der Waals surface area contributed by atoms with Crippen LogP contribution < -0.4 is 4.72 Å². The maximum atomic E-state index is 11.8. The third-order valence-electron chi connectivity index (χ3n) is 1.77. The number of hydrogen-bond acceptors (Lipinski definition) is 5. The predicted octanol–water partition coefficient (Wildman–Crippen LogP) is 0.862. The van der Waals surface area contributed by atoms with Gasteiger partial charge in [-0.1, -0.05) is 16.8 Å². The van der Waals surface area contributed by atoms with Gasteiger partial charge in [0.15, 0.2) is 5.82 Å². The lowest BCUT2D eigenvalue weighted by Crippen LogP contribution is -2.14. The van der Waals surface area contributed by atoms with Gasteiger partial charge in [-0.3, -0.25) is 4.72 Å². The first-order chi connectivity index (χ1) is 7.50. The standard InChI is InChI=1S/C7H7ClN4O3S/c1-12-4-9-7(6(12)8)16(13,14)11-5-2-3-15-10-5/h2-4H,1H3,(H,10,11). The summed E-state index contributed by atoms with van der Waals surface area (Å²) in [4.78, 5) is 3.69. The van der Waals surface area contributed by atoms with Crippen molar-refractivity contribution < 1.29 is 12.9 Å². The maximum absolute atomic E-state index is 11.8. The molecule has 2 heterocycles. The van der Waals surface area contributed by atoms with Crippen LogP contribution in [0.3, 0.4) is 0 Å². The quantitative estimate of drug-likeness (QED) is 0.886. The molecule has 0 fully saturated rings. The fraction of sp³-hybridized carbons (Fsp3) is 0.143. The van der Waals surface area contributed by atoms with Crippen LogP contribution in [0.5, 0.6) is 0 Å². The van der Waals surface area contributed by atoms with Gasteiger partial charge in [0.1, 0.15) is 11.4 Å². The monoisotopic (exact) mass is 262 g/mol. The summed E-state index contributed by atoms with van der Waals surface area (Å²) in [6.07, 6.45) is 2.55. The highest BCUT2D eigenvalue weighted by Gasteiger charge is 2.23. The number of anilines is 1. The lowest BCUT2D eigenvalue weighted by Gasteiger charge is -2.01. The molecule has 0 aliphatic carbocycles. The molecule has 16 heavy (non-hydrogen) atoms. The number of rotatable bonds is 3. The van der Waals surface area contributed by atoms with Crippen LogP contribution in [0.15, 0.2) is 28.2 Å². The fourth-order valence-corrected chi connectivity index (χ4v) is 2.45. The summed E-state index contributed by atoms with van der Waals surface area (Å²) in [6, 6.07) is 1.37. The number of sulfonamides is 1. The van der Waals surface area contributed by atoms with Crippen LogP contribution in [-0.4, -0.2) is 23.1 Å². The summed E-state index contributed by atoms with van der Waals surface area (Å²) in [5.41, 5.74) is 0. The third kappa shape index (κ3) is 1.89. The molecule has 0 saturated heterocycles. The molecule has 9 heteroatoms. The van der Waals surface area contributed by atoms with Gasteiger partial charge in [-0.15, -0.1) is 0 Å². The van der Waals surface area contributed by atoms with Crippen molar-refractivity contribution in [3.8, 4) is 0 Å². The number of halogens is 1. The minimum absolute atomic E-state index is 0.0241. The van der Waals surface area contributed by atoms with Crippen molar-refractivity contribution in [1.82, 2.24) is 14.7 Å². The highest BCUT2D eigenvalue weighted by Crippen LogP contribution is 2.20. The molecule has 0 amide bonds. The molecule has 0 radical (unpaired) electrons. The highest BCUT2D eigenvalue weighted by molar-refractivity contribution is 7.92. The molecule has 0 spiro atoms. The largest absolute Gasteiger partial charge is 0.363 e. The van der Waals surface area contributed by atoms with E-state index in [1.54, 1.807) is 7.05 Å². The Balaban J connectivity index is 2.36. The summed E-state index contributed by atoms with van der Waals surface area (Å²) >= 11 is 5.77. The van der Waals surface area contributed by atoms with Crippen molar-refractivity contribution in [1.29, 1.82) is 0 Å². The predicted molar refractivity (Wildman–Crippen MR) is 55.5 cm³/mol. The molecule has 86 valence electrons. The summed E-state index contributed by atoms with van der Waals surface area (Å²) in [7, 11) is -2.24. The molecular weight excluding hydrogens is 256 g/mol. The van der Waals surface area contributed by atoms with Gasteiger partial charge in [0.05, 0.1) is 6.33 Å². The minimum Gasteiger partial charge on any atom is -0.363 e. The van der Waals surface area contributed by atoms with Gasteiger partial charge in [0, 0.05) is 13.1 Å². The Morgan fingerprint density at radius 2 is 2.31 bits per heavy atom. The Morgan fingerprint density at radius 3 is 2.81 bits per heavy atom. The van der Waals surface area contributed by atoms with Gasteiger partial charge in [-0.2, -0.15) is 8.42 Å². The molecule has 0 atom stereocenters. The molecule has 0 aliphatic rings. The molecule has 0 aliphatic heterocycles. The second kappa shape index (κ2) is 3.80.